The number of aliphatic imine (C=N–C) groups is 1. The van der Waals surface area contributed by atoms with Gasteiger partial charge in [-0.05, 0) is 25.2 Å². The molecular weight excluding hydrogens is 172 g/mol. The Hall–Kier alpha value is -0.530. The van der Waals surface area contributed by atoms with E-state index in [0.29, 0.717) is 12.1 Å². The van der Waals surface area contributed by atoms with E-state index in [1.54, 1.807) is 0 Å². The van der Waals surface area contributed by atoms with E-state index in [-0.39, 0.29) is 0 Å². The molecule has 14 heavy (non-hydrogen) atoms. The smallest absolute Gasteiger partial charge is 0.0831 e. The zero-order valence-corrected chi connectivity index (χ0v) is 9.21. The Kier molecular flexibility index (Phi) is 3.44. The van der Waals surface area contributed by atoms with Crippen molar-refractivity contribution < 1.29 is 0 Å². The minimum absolute atomic E-state index is 0.609. The molecule has 3 atom stereocenters. The Balaban J connectivity index is 1.70. The van der Waals surface area contributed by atoms with Crippen LogP contribution in [0.1, 0.15) is 51.9 Å². The molecule has 1 heterocycles. The second-order valence-corrected chi connectivity index (χ2v) is 4.79. The Morgan fingerprint density at radius 2 is 2.29 bits per heavy atom. The van der Waals surface area contributed by atoms with Gasteiger partial charge in [0.2, 0.25) is 0 Å². The quantitative estimate of drug-likeness (QED) is 0.684. The molecular formula is C12H22N2. The van der Waals surface area contributed by atoms with Crippen LogP contribution >= 0.6 is 0 Å². The number of hydrogen-bond donors (Lipinski definition) is 1. The molecule has 0 spiro atoms. The first-order valence-electron chi connectivity index (χ1n) is 6.18. The van der Waals surface area contributed by atoms with Gasteiger partial charge in [0.05, 0.1) is 12.4 Å². The minimum Gasteiger partial charge on any atom is -0.372 e. The van der Waals surface area contributed by atoms with Gasteiger partial charge in [0.25, 0.3) is 0 Å². The molecule has 80 valence electrons. The third-order valence-corrected chi connectivity index (χ3v) is 3.69. The molecule has 2 aliphatic rings. The van der Waals surface area contributed by atoms with Crippen molar-refractivity contribution in [3.8, 4) is 0 Å². The summed E-state index contributed by atoms with van der Waals surface area (Å²) in [6.07, 6.45) is 11.6. The van der Waals surface area contributed by atoms with Crippen LogP contribution in [0.3, 0.4) is 0 Å². The van der Waals surface area contributed by atoms with E-state index in [1.165, 1.54) is 44.9 Å². The number of nitrogens with one attached hydrogen (secondary N) is 1. The standard InChI is InChI=1S/C12H22N2/c1-2-3-4-5-10-6-7-11-12(8-10)14-9-13-11/h9-12H,2-8H2,1H3,(H,13,14). The summed E-state index contributed by atoms with van der Waals surface area (Å²) in [5, 5.41) is 3.39. The third kappa shape index (κ3) is 2.28. The van der Waals surface area contributed by atoms with Crippen LogP contribution in [0.15, 0.2) is 4.99 Å². The Bertz CT molecular complexity index is 200. The van der Waals surface area contributed by atoms with Crippen LogP contribution < -0.4 is 5.32 Å². The van der Waals surface area contributed by atoms with Crippen LogP contribution in [-0.2, 0) is 0 Å². The average molecular weight is 194 g/mol. The number of fused-ring (bicyclic) bond motifs is 1. The summed E-state index contributed by atoms with van der Waals surface area (Å²) >= 11 is 0. The fraction of sp³-hybridized carbons (Fsp3) is 0.917. The van der Waals surface area contributed by atoms with Crippen molar-refractivity contribution in [2.75, 3.05) is 0 Å². The van der Waals surface area contributed by atoms with E-state index in [1.807, 2.05) is 6.34 Å². The van der Waals surface area contributed by atoms with E-state index in [0.717, 1.165) is 5.92 Å². The van der Waals surface area contributed by atoms with Gasteiger partial charge in [0, 0.05) is 6.04 Å². The van der Waals surface area contributed by atoms with Crippen LogP contribution in [0.4, 0.5) is 0 Å². The van der Waals surface area contributed by atoms with E-state index in [2.05, 4.69) is 17.2 Å². The first-order chi connectivity index (χ1) is 6.90. The monoisotopic (exact) mass is 194 g/mol. The summed E-state index contributed by atoms with van der Waals surface area (Å²) in [6.45, 7) is 2.28. The molecule has 0 aromatic carbocycles. The first-order valence-corrected chi connectivity index (χ1v) is 6.18. The number of unbranched alkanes of at least 4 members (excludes halogenated alkanes) is 2. The molecule has 0 amide bonds. The van der Waals surface area contributed by atoms with Gasteiger partial charge in [-0.3, -0.25) is 4.99 Å². The van der Waals surface area contributed by atoms with Gasteiger partial charge in [-0.1, -0.05) is 32.6 Å². The largest absolute Gasteiger partial charge is 0.372 e. The highest BCUT2D eigenvalue weighted by Gasteiger charge is 2.31. The van der Waals surface area contributed by atoms with Crippen molar-refractivity contribution in [2.24, 2.45) is 10.9 Å². The molecule has 2 nitrogen and oxygen atoms in total. The first kappa shape index (κ1) is 10.0. The lowest BCUT2D eigenvalue weighted by atomic mass is 9.80. The van der Waals surface area contributed by atoms with Crippen LogP contribution in [0.25, 0.3) is 0 Å². The molecule has 0 aromatic heterocycles. The van der Waals surface area contributed by atoms with E-state index in [9.17, 15) is 0 Å². The third-order valence-electron chi connectivity index (χ3n) is 3.69. The van der Waals surface area contributed by atoms with Crippen LogP contribution in [0.5, 0.6) is 0 Å². The summed E-state index contributed by atoms with van der Waals surface area (Å²) < 4.78 is 0. The van der Waals surface area contributed by atoms with Gasteiger partial charge in [-0.15, -0.1) is 0 Å². The van der Waals surface area contributed by atoms with Crippen LogP contribution in [-0.4, -0.2) is 18.4 Å². The molecule has 1 aliphatic carbocycles. The van der Waals surface area contributed by atoms with Gasteiger partial charge >= 0.3 is 0 Å². The SMILES string of the molecule is CCCCCC1CCC2N=CNC2C1. The molecule has 2 heteroatoms. The van der Waals surface area contributed by atoms with Crippen molar-refractivity contribution >= 4 is 6.34 Å². The van der Waals surface area contributed by atoms with Crippen molar-refractivity contribution in [1.29, 1.82) is 0 Å². The zero-order chi connectivity index (χ0) is 9.80. The fourth-order valence-electron chi connectivity index (χ4n) is 2.78. The highest BCUT2D eigenvalue weighted by atomic mass is 15.1. The predicted octanol–water partition coefficient (Wildman–Crippen LogP) is 2.74. The summed E-state index contributed by atoms with van der Waals surface area (Å²) in [5.74, 6) is 0.969. The maximum absolute atomic E-state index is 4.45. The van der Waals surface area contributed by atoms with Crippen molar-refractivity contribution in [1.82, 2.24) is 5.32 Å². The highest BCUT2D eigenvalue weighted by Crippen LogP contribution is 2.31. The van der Waals surface area contributed by atoms with Crippen molar-refractivity contribution in [3.63, 3.8) is 0 Å². The zero-order valence-electron chi connectivity index (χ0n) is 9.21. The number of hydrogen-bond acceptors (Lipinski definition) is 2. The topological polar surface area (TPSA) is 24.4 Å². The van der Waals surface area contributed by atoms with Crippen molar-refractivity contribution in [3.05, 3.63) is 0 Å². The Labute approximate surface area is 87.2 Å². The van der Waals surface area contributed by atoms with Gasteiger partial charge < -0.3 is 5.32 Å². The molecule has 0 bridgehead atoms. The van der Waals surface area contributed by atoms with Crippen LogP contribution in [0.2, 0.25) is 0 Å². The van der Waals surface area contributed by atoms with Gasteiger partial charge in [0.15, 0.2) is 0 Å². The highest BCUT2D eigenvalue weighted by molar-refractivity contribution is 5.58. The normalized spacial score (nSPS) is 35.4. The Morgan fingerprint density at radius 1 is 1.36 bits per heavy atom. The lowest BCUT2D eigenvalue weighted by molar-refractivity contribution is 0.271. The molecule has 1 N–H and O–H groups in total. The summed E-state index contributed by atoms with van der Waals surface area (Å²) in [5.41, 5.74) is 0. The predicted molar refractivity (Wildman–Crippen MR) is 60.7 cm³/mol. The summed E-state index contributed by atoms with van der Waals surface area (Å²) in [4.78, 5) is 4.45. The number of rotatable bonds is 4. The lowest BCUT2D eigenvalue weighted by Gasteiger charge is -2.30. The van der Waals surface area contributed by atoms with Crippen molar-refractivity contribution in [2.45, 2.75) is 64.0 Å². The van der Waals surface area contributed by atoms with E-state index < -0.39 is 0 Å². The summed E-state index contributed by atoms with van der Waals surface area (Å²) in [7, 11) is 0. The second-order valence-electron chi connectivity index (χ2n) is 4.79. The van der Waals surface area contributed by atoms with Gasteiger partial charge in [-0.25, -0.2) is 0 Å². The molecule has 0 aromatic rings. The molecule has 3 unspecified atom stereocenters. The van der Waals surface area contributed by atoms with Gasteiger partial charge in [0.1, 0.15) is 0 Å². The lowest BCUT2D eigenvalue weighted by Crippen LogP contribution is -2.37. The molecule has 1 saturated carbocycles. The molecule has 0 saturated heterocycles. The minimum atomic E-state index is 0.609. The van der Waals surface area contributed by atoms with Crippen LogP contribution in [0, 0.1) is 5.92 Å². The molecule has 1 aliphatic heterocycles. The van der Waals surface area contributed by atoms with E-state index >= 15 is 0 Å². The maximum atomic E-state index is 4.45. The molecule has 0 radical (unpaired) electrons. The Morgan fingerprint density at radius 3 is 3.14 bits per heavy atom. The number of nitrogens with zero attached hydrogens (tertiary/aromatic N) is 1. The second kappa shape index (κ2) is 4.81. The van der Waals surface area contributed by atoms with E-state index in [4.69, 9.17) is 0 Å². The fourth-order valence-corrected chi connectivity index (χ4v) is 2.78. The summed E-state index contributed by atoms with van der Waals surface area (Å²) in [6, 6.07) is 1.29. The molecule has 2 rings (SSSR count). The molecule has 1 fully saturated rings. The van der Waals surface area contributed by atoms with Gasteiger partial charge in [-0.2, -0.15) is 0 Å². The maximum Gasteiger partial charge on any atom is 0.0831 e. The average Bonchev–Trinajstić information content (AvgIpc) is 2.65.